The summed E-state index contributed by atoms with van der Waals surface area (Å²) in [6, 6.07) is 0.477. The van der Waals surface area contributed by atoms with Crippen LogP contribution in [0.2, 0.25) is 0 Å². The van der Waals surface area contributed by atoms with Crippen molar-refractivity contribution in [2.24, 2.45) is 0 Å². The first-order valence-corrected chi connectivity index (χ1v) is 7.77. The number of nitrogens with one attached hydrogen (secondary N) is 1. The molecule has 1 aliphatic rings. The Labute approximate surface area is 108 Å². The van der Waals surface area contributed by atoms with E-state index >= 15 is 0 Å². The number of hydrogen-bond acceptors (Lipinski definition) is 3. The molecule has 2 rings (SSSR count). The Balaban J connectivity index is 2.09. The van der Waals surface area contributed by atoms with Crippen LogP contribution in [0.15, 0.2) is 12.4 Å². The van der Waals surface area contributed by atoms with Gasteiger partial charge in [0.2, 0.25) is 0 Å². The van der Waals surface area contributed by atoms with Crippen molar-refractivity contribution in [3.05, 3.63) is 18.0 Å². The quantitative estimate of drug-likeness (QED) is 0.875. The molecular weight excluding hydrogens is 230 g/mol. The molecule has 0 radical (unpaired) electrons. The number of thioether (sulfide) groups is 1. The molecule has 17 heavy (non-hydrogen) atoms. The molecular formula is C13H23N3S. The molecule has 4 heteroatoms. The molecule has 0 aromatic carbocycles. The van der Waals surface area contributed by atoms with Crippen molar-refractivity contribution in [1.29, 1.82) is 0 Å². The van der Waals surface area contributed by atoms with Crippen molar-refractivity contribution in [2.75, 3.05) is 12.3 Å². The minimum absolute atomic E-state index is 0.477. The summed E-state index contributed by atoms with van der Waals surface area (Å²) in [4.78, 5) is 0. The standard InChI is InChI=1S/C13H23N3S/c1-3-14-13(12-7-5-6-8-17-12)11-9-15-16(4-2)10-11/h9-10,12-14H,3-8H2,1-2H3. The van der Waals surface area contributed by atoms with Crippen LogP contribution >= 0.6 is 11.8 Å². The first-order valence-electron chi connectivity index (χ1n) is 6.72. The van der Waals surface area contributed by atoms with Crippen molar-refractivity contribution in [3.63, 3.8) is 0 Å². The SMILES string of the molecule is CCNC(c1cnn(CC)c1)C1CCCCS1. The van der Waals surface area contributed by atoms with Crippen molar-refractivity contribution in [1.82, 2.24) is 15.1 Å². The van der Waals surface area contributed by atoms with Gasteiger partial charge in [-0.2, -0.15) is 16.9 Å². The Morgan fingerprint density at radius 2 is 2.41 bits per heavy atom. The Hall–Kier alpha value is -0.480. The van der Waals surface area contributed by atoms with E-state index < -0.39 is 0 Å². The third kappa shape index (κ3) is 3.26. The lowest BCUT2D eigenvalue weighted by Gasteiger charge is -2.29. The molecule has 3 nitrogen and oxygen atoms in total. The molecule has 2 heterocycles. The summed E-state index contributed by atoms with van der Waals surface area (Å²) in [5, 5.41) is 8.75. The van der Waals surface area contributed by atoms with E-state index in [4.69, 9.17) is 0 Å². The van der Waals surface area contributed by atoms with Gasteiger partial charge in [0.1, 0.15) is 0 Å². The van der Waals surface area contributed by atoms with Crippen LogP contribution < -0.4 is 5.32 Å². The minimum Gasteiger partial charge on any atom is -0.309 e. The molecule has 2 atom stereocenters. The zero-order valence-corrected chi connectivity index (χ0v) is 11.7. The second kappa shape index (κ2) is 6.45. The van der Waals surface area contributed by atoms with Gasteiger partial charge in [-0.25, -0.2) is 0 Å². The molecule has 2 unspecified atom stereocenters. The summed E-state index contributed by atoms with van der Waals surface area (Å²) in [7, 11) is 0. The second-order valence-corrected chi connectivity index (χ2v) is 5.92. The number of rotatable bonds is 5. The molecule has 0 bridgehead atoms. The van der Waals surface area contributed by atoms with Crippen LogP contribution in [0.5, 0.6) is 0 Å². The predicted molar refractivity (Wildman–Crippen MR) is 74.4 cm³/mol. The van der Waals surface area contributed by atoms with Crippen LogP contribution in [0.3, 0.4) is 0 Å². The minimum atomic E-state index is 0.477. The second-order valence-electron chi connectivity index (χ2n) is 4.57. The van der Waals surface area contributed by atoms with E-state index in [2.05, 4.69) is 42.2 Å². The molecule has 0 amide bonds. The maximum absolute atomic E-state index is 4.40. The maximum Gasteiger partial charge on any atom is 0.0538 e. The lowest BCUT2D eigenvalue weighted by Crippen LogP contribution is -2.31. The third-order valence-corrected chi connectivity index (χ3v) is 4.81. The van der Waals surface area contributed by atoms with Gasteiger partial charge >= 0.3 is 0 Å². The van der Waals surface area contributed by atoms with Gasteiger partial charge in [-0.15, -0.1) is 0 Å². The van der Waals surface area contributed by atoms with Crippen LogP contribution in [0, 0.1) is 0 Å². The van der Waals surface area contributed by atoms with E-state index in [0.29, 0.717) is 6.04 Å². The molecule has 0 aliphatic carbocycles. The summed E-state index contributed by atoms with van der Waals surface area (Å²) in [5.41, 5.74) is 1.35. The zero-order chi connectivity index (χ0) is 12.1. The van der Waals surface area contributed by atoms with Crippen molar-refractivity contribution in [3.8, 4) is 0 Å². The van der Waals surface area contributed by atoms with Gasteiger partial charge in [-0.1, -0.05) is 13.3 Å². The molecule has 0 spiro atoms. The van der Waals surface area contributed by atoms with Gasteiger partial charge in [-0.3, -0.25) is 4.68 Å². The van der Waals surface area contributed by atoms with Crippen LogP contribution in [0.25, 0.3) is 0 Å². The summed E-state index contributed by atoms with van der Waals surface area (Å²) >= 11 is 2.12. The third-order valence-electron chi connectivity index (χ3n) is 3.35. The van der Waals surface area contributed by atoms with Crippen LogP contribution in [0.1, 0.15) is 44.7 Å². The molecule has 96 valence electrons. The van der Waals surface area contributed by atoms with Gasteiger partial charge < -0.3 is 5.32 Å². The van der Waals surface area contributed by atoms with E-state index in [0.717, 1.165) is 18.3 Å². The van der Waals surface area contributed by atoms with E-state index in [9.17, 15) is 0 Å². The highest BCUT2D eigenvalue weighted by molar-refractivity contribution is 8.00. The van der Waals surface area contributed by atoms with Gasteiger partial charge in [0.25, 0.3) is 0 Å². The fourth-order valence-electron chi connectivity index (χ4n) is 2.43. The van der Waals surface area contributed by atoms with Crippen molar-refractivity contribution in [2.45, 2.75) is 50.9 Å². The van der Waals surface area contributed by atoms with Gasteiger partial charge in [0.15, 0.2) is 0 Å². The summed E-state index contributed by atoms with van der Waals surface area (Å²) in [5.74, 6) is 1.31. The highest BCUT2D eigenvalue weighted by atomic mass is 32.2. The van der Waals surface area contributed by atoms with Crippen molar-refractivity contribution >= 4 is 11.8 Å². The van der Waals surface area contributed by atoms with E-state index in [1.165, 1.54) is 30.6 Å². The molecule has 1 aliphatic heterocycles. The predicted octanol–water partition coefficient (Wildman–Crippen LogP) is 2.84. The fraction of sp³-hybridized carbons (Fsp3) is 0.769. The van der Waals surface area contributed by atoms with E-state index in [-0.39, 0.29) is 0 Å². The summed E-state index contributed by atoms with van der Waals surface area (Å²) in [6.45, 7) is 6.30. The number of aromatic nitrogens is 2. The van der Waals surface area contributed by atoms with Gasteiger partial charge in [-0.05, 0) is 32.1 Å². The zero-order valence-electron chi connectivity index (χ0n) is 10.9. The van der Waals surface area contributed by atoms with E-state index in [1.807, 2.05) is 10.9 Å². The molecule has 1 aromatic heterocycles. The average molecular weight is 253 g/mol. The average Bonchev–Trinajstić information content (AvgIpc) is 2.85. The number of aryl methyl sites for hydroxylation is 1. The normalized spacial score (nSPS) is 22.6. The lowest BCUT2D eigenvalue weighted by atomic mass is 10.0. The van der Waals surface area contributed by atoms with Crippen molar-refractivity contribution < 1.29 is 0 Å². The molecule has 1 N–H and O–H groups in total. The Bertz CT molecular complexity index is 331. The van der Waals surface area contributed by atoms with Gasteiger partial charge in [0, 0.05) is 29.6 Å². The maximum atomic E-state index is 4.40. The molecule has 1 fully saturated rings. The summed E-state index contributed by atoms with van der Waals surface area (Å²) in [6.07, 6.45) is 8.32. The number of nitrogens with zero attached hydrogens (tertiary/aromatic N) is 2. The first-order chi connectivity index (χ1) is 8.35. The van der Waals surface area contributed by atoms with Crippen LogP contribution in [-0.2, 0) is 6.54 Å². The van der Waals surface area contributed by atoms with Crippen LogP contribution in [0.4, 0.5) is 0 Å². The Morgan fingerprint density at radius 1 is 1.53 bits per heavy atom. The van der Waals surface area contributed by atoms with Gasteiger partial charge in [0.05, 0.1) is 6.20 Å². The Morgan fingerprint density at radius 3 is 3.00 bits per heavy atom. The lowest BCUT2D eigenvalue weighted by molar-refractivity contribution is 0.491. The first kappa shape index (κ1) is 13.0. The topological polar surface area (TPSA) is 29.9 Å². The van der Waals surface area contributed by atoms with Crippen LogP contribution in [-0.4, -0.2) is 27.3 Å². The monoisotopic (exact) mass is 253 g/mol. The fourth-order valence-corrected chi connectivity index (χ4v) is 3.88. The molecule has 1 aromatic rings. The number of hydrogen-bond donors (Lipinski definition) is 1. The molecule has 0 saturated carbocycles. The highest BCUT2D eigenvalue weighted by Gasteiger charge is 2.25. The largest absolute Gasteiger partial charge is 0.309 e. The smallest absolute Gasteiger partial charge is 0.0538 e. The van der Waals surface area contributed by atoms with E-state index in [1.54, 1.807) is 0 Å². The molecule has 1 saturated heterocycles. The Kier molecular flexibility index (Phi) is 4.92. The summed E-state index contributed by atoms with van der Waals surface area (Å²) < 4.78 is 2.02. The highest BCUT2D eigenvalue weighted by Crippen LogP contribution is 2.34.